The lowest BCUT2D eigenvalue weighted by Gasteiger charge is -2.34. The standard InChI is InChI=1S/C15H24ClNS/c1-3-8-17-10-12-5-4-11(2)9-13(12)14-6-7-15(16)18-14/h6-7,11-13,17H,3-5,8-10H2,1-2H3. The van der Waals surface area contributed by atoms with Gasteiger partial charge in [-0.05, 0) is 62.2 Å². The molecule has 3 unspecified atom stereocenters. The first-order valence-electron chi connectivity index (χ1n) is 7.16. The molecule has 0 aromatic carbocycles. The van der Waals surface area contributed by atoms with Gasteiger partial charge >= 0.3 is 0 Å². The Kier molecular flexibility index (Phi) is 5.53. The molecule has 0 spiro atoms. The summed E-state index contributed by atoms with van der Waals surface area (Å²) in [6, 6.07) is 4.29. The van der Waals surface area contributed by atoms with Crippen molar-refractivity contribution >= 4 is 22.9 Å². The normalized spacial score (nSPS) is 28.5. The van der Waals surface area contributed by atoms with Crippen molar-refractivity contribution in [3.63, 3.8) is 0 Å². The minimum absolute atomic E-state index is 0.718. The Hall–Kier alpha value is -0.0500. The topological polar surface area (TPSA) is 12.0 Å². The zero-order valence-corrected chi connectivity index (χ0v) is 13.0. The summed E-state index contributed by atoms with van der Waals surface area (Å²) in [7, 11) is 0. The molecule has 1 N–H and O–H groups in total. The van der Waals surface area contributed by atoms with Crippen molar-refractivity contribution in [2.24, 2.45) is 11.8 Å². The van der Waals surface area contributed by atoms with Crippen LogP contribution in [0.4, 0.5) is 0 Å². The SMILES string of the molecule is CCCNCC1CCC(C)CC1c1ccc(Cl)s1. The van der Waals surface area contributed by atoms with Gasteiger partial charge in [0.15, 0.2) is 0 Å². The molecule has 3 atom stereocenters. The van der Waals surface area contributed by atoms with Gasteiger partial charge in [-0.25, -0.2) is 0 Å². The Bertz CT molecular complexity index is 363. The fourth-order valence-electron chi connectivity index (χ4n) is 3.03. The maximum Gasteiger partial charge on any atom is 0.0931 e. The minimum Gasteiger partial charge on any atom is -0.316 e. The average molecular weight is 286 g/mol. The highest BCUT2D eigenvalue weighted by Crippen LogP contribution is 2.43. The fourth-order valence-corrected chi connectivity index (χ4v) is 4.30. The van der Waals surface area contributed by atoms with Crippen LogP contribution >= 0.6 is 22.9 Å². The van der Waals surface area contributed by atoms with Crippen molar-refractivity contribution in [2.45, 2.75) is 45.4 Å². The Balaban J connectivity index is 2.01. The Morgan fingerprint density at radius 2 is 2.22 bits per heavy atom. The van der Waals surface area contributed by atoms with Gasteiger partial charge in [-0.1, -0.05) is 31.9 Å². The summed E-state index contributed by atoms with van der Waals surface area (Å²) in [5, 5.41) is 3.60. The molecule has 1 aromatic heterocycles. The lowest BCUT2D eigenvalue weighted by atomic mass is 9.74. The zero-order valence-electron chi connectivity index (χ0n) is 11.4. The van der Waals surface area contributed by atoms with Gasteiger partial charge < -0.3 is 5.32 Å². The molecular formula is C15H24ClNS. The van der Waals surface area contributed by atoms with Crippen molar-refractivity contribution in [3.8, 4) is 0 Å². The molecular weight excluding hydrogens is 262 g/mol. The van der Waals surface area contributed by atoms with Crippen molar-refractivity contribution in [1.82, 2.24) is 5.32 Å². The van der Waals surface area contributed by atoms with E-state index in [4.69, 9.17) is 11.6 Å². The second-order valence-corrected chi connectivity index (χ2v) is 7.38. The first-order chi connectivity index (χ1) is 8.70. The zero-order chi connectivity index (χ0) is 13.0. The first kappa shape index (κ1) is 14.4. The molecule has 1 fully saturated rings. The van der Waals surface area contributed by atoms with Gasteiger partial charge in [-0.15, -0.1) is 11.3 Å². The third-order valence-electron chi connectivity index (χ3n) is 4.05. The van der Waals surface area contributed by atoms with Gasteiger partial charge in [0.05, 0.1) is 4.34 Å². The highest BCUT2D eigenvalue weighted by Gasteiger charge is 2.30. The highest BCUT2D eigenvalue weighted by atomic mass is 35.5. The number of hydrogen-bond donors (Lipinski definition) is 1. The molecule has 1 aliphatic carbocycles. The third kappa shape index (κ3) is 3.72. The van der Waals surface area contributed by atoms with Gasteiger partial charge in [-0.2, -0.15) is 0 Å². The van der Waals surface area contributed by atoms with Gasteiger partial charge in [0, 0.05) is 4.88 Å². The predicted molar refractivity (Wildman–Crippen MR) is 81.7 cm³/mol. The van der Waals surface area contributed by atoms with E-state index in [9.17, 15) is 0 Å². The fraction of sp³-hybridized carbons (Fsp3) is 0.733. The maximum absolute atomic E-state index is 6.09. The monoisotopic (exact) mass is 285 g/mol. The van der Waals surface area contributed by atoms with Crippen molar-refractivity contribution in [3.05, 3.63) is 21.3 Å². The van der Waals surface area contributed by atoms with Crippen LogP contribution in [0.1, 0.15) is 50.3 Å². The summed E-state index contributed by atoms with van der Waals surface area (Å²) in [5.74, 6) is 2.37. The molecule has 1 aromatic rings. The molecule has 0 saturated heterocycles. The van der Waals surface area contributed by atoms with E-state index in [1.807, 2.05) is 0 Å². The lowest BCUT2D eigenvalue weighted by molar-refractivity contribution is 0.244. The second-order valence-electron chi connectivity index (χ2n) is 5.63. The van der Waals surface area contributed by atoms with Crippen LogP contribution in [-0.2, 0) is 0 Å². The van der Waals surface area contributed by atoms with Crippen LogP contribution in [0, 0.1) is 11.8 Å². The number of hydrogen-bond acceptors (Lipinski definition) is 2. The molecule has 0 radical (unpaired) electrons. The first-order valence-corrected chi connectivity index (χ1v) is 8.36. The minimum atomic E-state index is 0.718. The summed E-state index contributed by atoms with van der Waals surface area (Å²) in [4.78, 5) is 1.50. The van der Waals surface area contributed by atoms with Crippen LogP contribution in [0.3, 0.4) is 0 Å². The van der Waals surface area contributed by atoms with E-state index in [1.54, 1.807) is 11.3 Å². The predicted octanol–water partition coefficient (Wildman–Crippen LogP) is 4.92. The smallest absolute Gasteiger partial charge is 0.0931 e. The Morgan fingerprint density at radius 1 is 1.39 bits per heavy atom. The van der Waals surface area contributed by atoms with E-state index >= 15 is 0 Å². The second kappa shape index (κ2) is 6.93. The van der Waals surface area contributed by atoms with E-state index in [0.717, 1.165) is 28.6 Å². The largest absolute Gasteiger partial charge is 0.316 e. The van der Waals surface area contributed by atoms with Crippen LogP contribution in [0.15, 0.2) is 12.1 Å². The Labute approximate surface area is 120 Å². The van der Waals surface area contributed by atoms with E-state index in [0.29, 0.717) is 0 Å². The summed E-state index contributed by atoms with van der Waals surface area (Å²) in [5.41, 5.74) is 0. The third-order valence-corrected chi connectivity index (χ3v) is 5.41. The molecule has 102 valence electrons. The van der Waals surface area contributed by atoms with Gasteiger partial charge in [-0.3, -0.25) is 0 Å². The van der Waals surface area contributed by atoms with Gasteiger partial charge in [0.2, 0.25) is 0 Å². The number of rotatable bonds is 5. The average Bonchev–Trinajstić information content (AvgIpc) is 2.78. The van der Waals surface area contributed by atoms with Crippen LogP contribution in [0.5, 0.6) is 0 Å². The summed E-state index contributed by atoms with van der Waals surface area (Å²) >= 11 is 7.87. The molecule has 1 aliphatic rings. The van der Waals surface area contributed by atoms with Crippen molar-refractivity contribution in [1.29, 1.82) is 0 Å². The summed E-state index contributed by atoms with van der Waals surface area (Å²) in [6.45, 7) is 6.93. The van der Waals surface area contributed by atoms with Crippen LogP contribution < -0.4 is 5.32 Å². The van der Waals surface area contributed by atoms with Gasteiger partial charge in [0.25, 0.3) is 0 Å². The van der Waals surface area contributed by atoms with E-state index in [-0.39, 0.29) is 0 Å². The molecule has 2 rings (SSSR count). The lowest BCUT2D eigenvalue weighted by Crippen LogP contribution is -2.31. The van der Waals surface area contributed by atoms with Crippen LogP contribution in [0.2, 0.25) is 4.34 Å². The molecule has 1 nitrogen and oxygen atoms in total. The van der Waals surface area contributed by atoms with E-state index in [2.05, 4.69) is 31.3 Å². The molecule has 0 amide bonds. The molecule has 1 saturated carbocycles. The van der Waals surface area contributed by atoms with Crippen molar-refractivity contribution in [2.75, 3.05) is 13.1 Å². The van der Waals surface area contributed by atoms with Crippen molar-refractivity contribution < 1.29 is 0 Å². The summed E-state index contributed by atoms with van der Waals surface area (Å²) in [6.07, 6.45) is 5.29. The maximum atomic E-state index is 6.09. The highest BCUT2D eigenvalue weighted by molar-refractivity contribution is 7.16. The molecule has 0 aliphatic heterocycles. The molecule has 3 heteroatoms. The quantitative estimate of drug-likeness (QED) is 0.757. The van der Waals surface area contributed by atoms with E-state index < -0.39 is 0 Å². The number of halogens is 1. The molecule has 1 heterocycles. The number of thiophene rings is 1. The van der Waals surface area contributed by atoms with Gasteiger partial charge in [0.1, 0.15) is 0 Å². The summed E-state index contributed by atoms with van der Waals surface area (Å²) < 4.78 is 0.934. The molecule has 0 bridgehead atoms. The molecule has 18 heavy (non-hydrogen) atoms. The van der Waals surface area contributed by atoms with Crippen LogP contribution in [0.25, 0.3) is 0 Å². The van der Waals surface area contributed by atoms with E-state index in [1.165, 1.54) is 37.1 Å². The Morgan fingerprint density at radius 3 is 2.89 bits per heavy atom. The van der Waals surface area contributed by atoms with Crippen LogP contribution in [-0.4, -0.2) is 13.1 Å². The number of nitrogens with one attached hydrogen (secondary N) is 1.